The highest BCUT2D eigenvalue weighted by Gasteiger charge is 2.08. The quantitative estimate of drug-likeness (QED) is 0.743. The first kappa shape index (κ1) is 15.9. The van der Waals surface area contributed by atoms with E-state index in [4.69, 9.17) is 5.73 Å². The average Bonchev–Trinajstić information content (AvgIpc) is 2.34. The van der Waals surface area contributed by atoms with Crippen molar-refractivity contribution in [1.82, 2.24) is 0 Å². The predicted molar refractivity (Wildman–Crippen MR) is 87.7 cm³/mol. The van der Waals surface area contributed by atoms with Gasteiger partial charge in [-0.3, -0.25) is 0 Å². The van der Waals surface area contributed by atoms with Crippen molar-refractivity contribution in [2.75, 3.05) is 23.4 Å². The van der Waals surface area contributed by atoms with Gasteiger partial charge in [-0.15, -0.1) is 0 Å². The van der Waals surface area contributed by atoms with E-state index in [0.717, 1.165) is 6.42 Å². The van der Waals surface area contributed by atoms with Gasteiger partial charge < -0.3 is 11.1 Å². The van der Waals surface area contributed by atoms with Gasteiger partial charge in [0.2, 0.25) is 0 Å². The molecule has 0 aliphatic heterocycles. The fraction of sp³-hybridized carbons (Fsp3) is 0.571. The number of nitrogens with two attached hydrogens (primary N) is 1. The molecule has 102 valence electrons. The summed E-state index contributed by atoms with van der Waals surface area (Å²) in [5.74, 6) is 2.34. The molecule has 1 atom stereocenters. The predicted octanol–water partition coefficient (Wildman–Crippen LogP) is 3.95. The van der Waals surface area contributed by atoms with Crippen molar-refractivity contribution in [2.24, 2.45) is 5.73 Å². The first-order chi connectivity index (χ1) is 8.58. The van der Waals surface area contributed by atoms with Gasteiger partial charge in [0.25, 0.3) is 0 Å². The molecule has 3 N–H and O–H groups in total. The smallest absolute Gasteiger partial charge is 0.0391 e. The van der Waals surface area contributed by atoms with Gasteiger partial charge in [0, 0.05) is 22.7 Å². The van der Waals surface area contributed by atoms with Crippen molar-refractivity contribution >= 4 is 33.4 Å². The molecule has 0 aliphatic carbocycles. The molecule has 0 amide bonds. The number of halogens is 1. The van der Waals surface area contributed by atoms with Crippen molar-refractivity contribution in [3.8, 4) is 0 Å². The number of hydrogen-bond acceptors (Lipinski definition) is 3. The second-order valence-corrected chi connectivity index (χ2v) is 6.67. The first-order valence-electron chi connectivity index (χ1n) is 6.39. The Morgan fingerprint density at radius 3 is 2.44 bits per heavy atom. The van der Waals surface area contributed by atoms with Crippen molar-refractivity contribution in [3.63, 3.8) is 0 Å². The molecular formula is C14H23BrN2S. The van der Waals surface area contributed by atoms with Crippen LogP contribution in [-0.2, 0) is 0 Å². The van der Waals surface area contributed by atoms with Gasteiger partial charge in [0.05, 0.1) is 0 Å². The molecular weight excluding hydrogens is 308 g/mol. The van der Waals surface area contributed by atoms with E-state index in [-0.39, 0.29) is 0 Å². The summed E-state index contributed by atoms with van der Waals surface area (Å²) in [5, 5.41) is 3.54. The lowest BCUT2D eigenvalue weighted by Crippen LogP contribution is -2.29. The lowest BCUT2D eigenvalue weighted by molar-refractivity contribution is 0.709. The summed E-state index contributed by atoms with van der Waals surface area (Å²) >= 11 is 5.56. The summed E-state index contributed by atoms with van der Waals surface area (Å²) in [6, 6.07) is 4.71. The van der Waals surface area contributed by atoms with Crippen LogP contribution in [0.25, 0.3) is 0 Å². The fourth-order valence-corrected chi connectivity index (χ4v) is 2.85. The molecule has 0 radical (unpaired) electrons. The number of nitrogens with one attached hydrogen (secondary N) is 1. The normalized spacial score (nSPS) is 12.5. The van der Waals surface area contributed by atoms with Crippen LogP contribution >= 0.6 is 27.7 Å². The maximum atomic E-state index is 5.83. The zero-order valence-corrected chi connectivity index (χ0v) is 13.8. The minimum absolute atomic E-state index is 0.365. The molecule has 1 aromatic rings. The maximum absolute atomic E-state index is 5.83. The van der Waals surface area contributed by atoms with Gasteiger partial charge in [-0.05, 0) is 55.0 Å². The SMILES string of the molecule is CCSCCC(CN)Nc1cc(C)c(Br)c(C)c1. The van der Waals surface area contributed by atoms with Gasteiger partial charge in [0.15, 0.2) is 0 Å². The molecule has 1 aromatic carbocycles. The molecule has 0 saturated heterocycles. The Labute approximate surface area is 123 Å². The van der Waals surface area contributed by atoms with Crippen LogP contribution in [0.15, 0.2) is 16.6 Å². The monoisotopic (exact) mass is 330 g/mol. The summed E-state index contributed by atoms with van der Waals surface area (Å²) in [6.45, 7) is 7.11. The van der Waals surface area contributed by atoms with E-state index in [9.17, 15) is 0 Å². The van der Waals surface area contributed by atoms with Crippen LogP contribution in [0.4, 0.5) is 5.69 Å². The van der Waals surface area contributed by atoms with E-state index < -0.39 is 0 Å². The zero-order valence-electron chi connectivity index (χ0n) is 11.4. The van der Waals surface area contributed by atoms with Gasteiger partial charge in [0.1, 0.15) is 0 Å². The van der Waals surface area contributed by atoms with E-state index in [1.54, 1.807) is 0 Å². The van der Waals surface area contributed by atoms with Gasteiger partial charge in [-0.1, -0.05) is 22.9 Å². The number of rotatable bonds is 7. The molecule has 0 aromatic heterocycles. The summed E-state index contributed by atoms with van der Waals surface area (Å²) in [7, 11) is 0. The van der Waals surface area contributed by atoms with Gasteiger partial charge in [-0.25, -0.2) is 0 Å². The molecule has 0 fully saturated rings. The summed E-state index contributed by atoms with van der Waals surface area (Å²) in [6.07, 6.45) is 1.11. The molecule has 0 spiro atoms. The molecule has 0 bridgehead atoms. The highest BCUT2D eigenvalue weighted by molar-refractivity contribution is 9.10. The third-order valence-corrected chi connectivity index (χ3v) is 5.09. The molecule has 1 rings (SSSR count). The van der Waals surface area contributed by atoms with Gasteiger partial charge in [-0.2, -0.15) is 11.8 Å². The molecule has 4 heteroatoms. The minimum atomic E-state index is 0.365. The number of hydrogen-bond donors (Lipinski definition) is 2. The van der Waals surface area contributed by atoms with Gasteiger partial charge >= 0.3 is 0 Å². The Kier molecular flexibility index (Phi) is 7.12. The molecule has 0 heterocycles. The van der Waals surface area contributed by atoms with E-state index in [2.05, 4.69) is 54.2 Å². The lowest BCUT2D eigenvalue weighted by atomic mass is 10.1. The topological polar surface area (TPSA) is 38.0 Å². The largest absolute Gasteiger partial charge is 0.381 e. The Balaban J connectivity index is 2.64. The number of aryl methyl sites for hydroxylation is 2. The second kappa shape index (κ2) is 8.08. The van der Waals surface area contributed by atoms with Crippen molar-refractivity contribution in [2.45, 2.75) is 33.2 Å². The van der Waals surface area contributed by atoms with Crippen LogP contribution in [0.1, 0.15) is 24.5 Å². The van der Waals surface area contributed by atoms with Crippen LogP contribution in [0.5, 0.6) is 0 Å². The molecule has 1 unspecified atom stereocenters. The van der Waals surface area contributed by atoms with Crippen LogP contribution < -0.4 is 11.1 Å². The highest BCUT2D eigenvalue weighted by atomic mass is 79.9. The number of benzene rings is 1. The second-order valence-electron chi connectivity index (χ2n) is 4.49. The molecule has 0 saturated carbocycles. The van der Waals surface area contributed by atoms with Crippen molar-refractivity contribution in [1.29, 1.82) is 0 Å². The van der Waals surface area contributed by atoms with E-state index in [1.165, 1.54) is 32.8 Å². The lowest BCUT2D eigenvalue weighted by Gasteiger charge is -2.19. The number of thioether (sulfide) groups is 1. The average molecular weight is 331 g/mol. The fourth-order valence-electron chi connectivity index (χ4n) is 1.88. The van der Waals surface area contributed by atoms with Crippen LogP contribution in [0.2, 0.25) is 0 Å². The van der Waals surface area contributed by atoms with Crippen LogP contribution in [-0.4, -0.2) is 24.1 Å². The molecule has 2 nitrogen and oxygen atoms in total. The van der Waals surface area contributed by atoms with E-state index >= 15 is 0 Å². The van der Waals surface area contributed by atoms with E-state index in [1.807, 2.05) is 11.8 Å². The third-order valence-electron chi connectivity index (χ3n) is 2.91. The van der Waals surface area contributed by atoms with Crippen molar-refractivity contribution < 1.29 is 0 Å². The van der Waals surface area contributed by atoms with Crippen LogP contribution in [0, 0.1) is 13.8 Å². The zero-order chi connectivity index (χ0) is 13.5. The van der Waals surface area contributed by atoms with E-state index in [0.29, 0.717) is 12.6 Å². The molecule has 18 heavy (non-hydrogen) atoms. The van der Waals surface area contributed by atoms with Crippen molar-refractivity contribution in [3.05, 3.63) is 27.7 Å². The maximum Gasteiger partial charge on any atom is 0.0391 e. The Morgan fingerprint density at radius 1 is 1.33 bits per heavy atom. The Morgan fingerprint density at radius 2 is 1.94 bits per heavy atom. The molecule has 0 aliphatic rings. The Hall–Kier alpha value is -0.190. The summed E-state index contributed by atoms with van der Waals surface area (Å²) in [4.78, 5) is 0. The van der Waals surface area contributed by atoms with Crippen LogP contribution in [0.3, 0.4) is 0 Å². The summed E-state index contributed by atoms with van der Waals surface area (Å²) < 4.78 is 1.19. The highest BCUT2D eigenvalue weighted by Crippen LogP contribution is 2.25. The standard InChI is InChI=1S/C14H23BrN2S/c1-4-18-6-5-12(9-16)17-13-7-10(2)14(15)11(3)8-13/h7-8,12,17H,4-6,9,16H2,1-3H3. The minimum Gasteiger partial charge on any atom is -0.381 e. The third kappa shape index (κ3) is 4.82. The number of anilines is 1. The Bertz CT molecular complexity index is 359. The first-order valence-corrected chi connectivity index (χ1v) is 8.34. The summed E-state index contributed by atoms with van der Waals surface area (Å²) in [5.41, 5.74) is 9.52.